The van der Waals surface area contributed by atoms with E-state index in [1.54, 1.807) is 0 Å². The molecule has 6 nitrogen and oxygen atoms in total. The number of aliphatic hydroxyl groups is 1. The van der Waals surface area contributed by atoms with Crippen molar-refractivity contribution in [1.29, 1.82) is 0 Å². The van der Waals surface area contributed by atoms with Crippen molar-refractivity contribution < 1.29 is 29.0 Å². The maximum absolute atomic E-state index is 13.1. The summed E-state index contributed by atoms with van der Waals surface area (Å²) in [6.07, 6.45) is 0.529. The molecule has 1 fully saturated rings. The largest absolute Gasteiger partial charge is 0.465 e. The lowest BCUT2D eigenvalue weighted by molar-refractivity contribution is -0.173. The second-order valence-electron chi connectivity index (χ2n) is 9.62. The van der Waals surface area contributed by atoms with Crippen LogP contribution in [0.15, 0.2) is 24.3 Å². The molecule has 1 aliphatic carbocycles. The smallest absolute Gasteiger partial charge is 0.317 e. The van der Waals surface area contributed by atoms with Crippen LogP contribution in [-0.4, -0.2) is 41.6 Å². The number of ether oxygens (including phenoxy) is 2. The van der Waals surface area contributed by atoms with Gasteiger partial charge in [-0.05, 0) is 36.3 Å². The van der Waals surface area contributed by atoms with Crippen LogP contribution in [0, 0.1) is 23.7 Å². The highest BCUT2D eigenvalue weighted by Crippen LogP contribution is 2.46. The van der Waals surface area contributed by atoms with E-state index in [-0.39, 0.29) is 31.5 Å². The van der Waals surface area contributed by atoms with Crippen molar-refractivity contribution in [2.75, 3.05) is 13.2 Å². The Bertz CT molecular complexity index is 778. The van der Waals surface area contributed by atoms with E-state index >= 15 is 0 Å². The van der Waals surface area contributed by atoms with Crippen LogP contribution in [-0.2, 0) is 30.3 Å². The molecule has 0 heterocycles. The van der Waals surface area contributed by atoms with Crippen LogP contribution in [0.3, 0.4) is 0 Å². The average Bonchev–Trinajstić information content (AvgIpc) is 2.69. The number of carbonyl (C=O) groups is 3. The molecule has 4 atom stereocenters. The zero-order valence-electron chi connectivity index (χ0n) is 19.5. The summed E-state index contributed by atoms with van der Waals surface area (Å²) in [6, 6.07) is 7.47. The number of aryl methyl sites for hydroxylation is 1. The second-order valence-corrected chi connectivity index (χ2v) is 9.62. The topological polar surface area (TPSA) is 89.9 Å². The summed E-state index contributed by atoms with van der Waals surface area (Å²) in [5, 5.41) is 11.1. The molecule has 0 spiro atoms. The van der Waals surface area contributed by atoms with Crippen molar-refractivity contribution in [2.24, 2.45) is 23.7 Å². The fourth-order valence-corrected chi connectivity index (χ4v) is 4.07. The molecule has 1 aliphatic rings. The Labute approximate surface area is 185 Å². The lowest BCUT2D eigenvalue weighted by Crippen LogP contribution is -2.55. The van der Waals surface area contributed by atoms with Gasteiger partial charge in [0.2, 0.25) is 0 Å². The normalized spacial score (nSPS) is 26.2. The number of ketones is 1. The maximum atomic E-state index is 13.1. The van der Waals surface area contributed by atoms with E-state index in [0.717, 1.165) is 12.0 Å². The van der Waals surface area contributed by atoms with E-state index in [0.29, 0.717) is 5.56 Å². The predicted octanol–water partition coefficient (Wildman–Crippen LogP) is 3.69. The molecule has 6 heteroatoms. The highest BCUT2D eigenvalue weighted by Gasteiger charge is 2.57. The van der Waals surface area contributed by atoms with Gasteiger partial charge in [-0.1, -0.05) is 58.9 Å². The maximum Gasteiger partial charge on any atom is 0.317 e. The van der Waals surface area contributed by atoms with Gasteiger partial charge in [0.25, 0.3) is 0 Å². The van der Waals surface area contributed by atoms with Gasteiger partial charge in [0, 0.05) is 12.3 Å². The minimum atomic E-state index is -1.63. The highest BCUT2D eigenvalue weighted by molar-refractivity contribution is 6.02. The molecule has 2 rings (SSSR count). The van der Waals surface area contributed by atoms with Gasteiger partial charge in [0.15, 0.2) is 5.78 Å². The van der Waals surface area contributed by atoms with Crippen molar-refractivity contribution >= 4 is 17.7 Å². The van der Waals surface area contributed by atoms with Gasteiger partial charge < -0.3 is 14.6 Å². The number of Topliss-reactive ketones (excluding diaryl/α,β-unsaturated/α-hetero) is 1. The van der Waals surface area contributed by atoms with Crippen LogP contribution < -0.4 is 0 Å². The molecule has 0 saturated heterocycles. The van der Waals surface area contributed by atoms with E-state index < -0.39 is 41.1 Å². The SMILES string of the molecule is CCc1ccc([C@@H]2[C@H](C(=O)OCC(C)C)C(=O)C[C@@](C)(O)[C@@H]2C(=O)OCC(C)C)cc1. The van der Waals surface area contributed by atoms with Crippen molar-refractivity contribution in [3.63, 3.8) is 0 Å². The third kappa shape index (κ3) is 6.16. The van der Waals surface area contributed by atoms with Crippen molar-refractivity contribution in [3.05, 3.63) is 35.4 Å². The molecule has 172 valence electrons. The van der Waals surface area contributed by atoms with Crippen LogP contribution in [0.2, 0.25) is 0 Å². The Hall–Kier alpha value is -2.21. The molecule has 1 aromatic rings. The molecule has 0 aromatic heterocycles. The Morgan fingerprint density at radius 3 is 2.03 bits per heavy atom. The molecule has 1 saturated carbocycles. The predicted molar refractivity (Wildman–Crippen MR) is 117 cm³/mol. The number of rotatable bonds is 8. The number of benzene rings is 1. The van der Waals surface area contributed by atoms with E-state index in [1.165, 1.54) is 6.92 Å². The van der Waals surface area contributed by atoms with E-state index in [9.17, 15) is 19.5 Å². The van der Waals surface area contributed by atoms with Gasteiger partial charge in [-0.2, -0.15) is 0 Å². The third-order valence-electron chi connectivity index (χ3n) is 5.67. The summed E-state index contributed by atoms with van der Waals surface area (Å²) >= 11 is 0. The first-order valence-corrected chi connectivity index (χ1v) is 11.1. The fourth-order valence-electron chi connectivity index (χ4n) is 4.07. The summed E-state index contributed by atoms with van der Waals surface area (Å²) in [6.45, 7) is 11.5. The Morgan fingerprint density at radius 1 is 1.03 bits per heavy atom. The number of hydrogen-bond donors (Lipinski definition) is 1. The number of esters is 2. The quantitative estimate of drug-likeness (QED) is 0.498. The molecule has 1 N–H and O–H groups in total. The second kappa shape index (κ2) is 10.4. The Kier molecular flexibility index (Phi) is 8.41. The first-order chi connectivity index (χ1) is 14.5. The zero-order chi connectivity index (χ0) is 23.3. The van der Waals surface area contributed by atoms with Crippen LogP contribution in [0.4, 0.5) is 0 Å². The van der Waals surface area contributed by atoms with Crippen LogP contribution in [0.5, 0.6) is 0 Å². The molecule has 0 bridgehead atoms. The van der Waals surface area contributed by atoms with Gasteiger partial charge in [-0.15, -0.1) is 0 Å². The van der Waals surface area contributed by atoms with Gasteiger partial charge in [-0.25, -0.2) is 0 Å². The van der Waals surface area contributed by atoms with Gasteiger partial charge in [0.1, 0.15) is 5.92 Å². The average molecular weight is 433 g/mol. The zero-order valence-corrected chi connectivity index (χ0v) is 19.5. The van der Waals surface area contributed by atoms with E-state index in [2.05, 4.69) is 0 Å². The minimum absolute atomic E-state index is 0.111. The molecular weight excluding hydrogens is 396 g/mol. The lowest BCUT2D eigenvalue weighted by Gasteiger charge is -2.43. The van der Waals surface area contributed by atoms with Crippen molar-refractivity contribution in [2.45, 2.75) is 65.9 Å². The van der Waals surface area contributed by atoms with Gasteiger partial charge in [-0.3, -0.25) is 14.4 Å². The summed E-state index contributed by atoms with van der Waals surface area (Å²) in [5.74, 6) is -4.53. The molecule has 0 aliphatic heterocycles. The van der Waals surface area contributed by atoms with Crippen LogP contribution in [0.25, 0.3) is 0 Å². The summed E-state index contributed by atoms with van der Waals surface area (Å²) in [5.41, 5.74) is 0.104. The molecule has 1 aromatic carbocycles. The molecule has 0 unspecified atom stereocenters. The minimum Gasteiger partial charge on any atom is -0.465 e. The Balaban J connectivity index is 2.52. The molecule has 31 heavy (non-hydrogen) atoms. The monoisotopic (exact) mass is 432 g/mol. The van der Waals surface area contributed by atoms with E-state index in [1.807, 2.05) is 58.9 Å². The molecule has 0 radical (unpaired) electrons. The summed E-state index contributed by atoms with van der Waals surface area (Å²) in [7, 11) is 0. The van der Waals surface area contributed by atoms with Gasteiger partial charge in [0.05, 0.1) is 24.7 Å². The molecule has 0 amide bonds. The van der Waals surface area contributed by atoms with E-state index in [4.69, 9.17) is 9.47 Å². The lowest BCUT2D eigenvalue weighted by atomic mass is 9.61. The third-order valence-corrected chi connectivity index (χ3v) is 5.67. The fraction of sp³-hybridized carbons (Fsp3) is 0.640. The van der Waals surface area contributed by atoms with Crippen LogP contribution >= 0.6 is 0 Å². The summed E-state index contributed by atoms with van der Waals surface area (Å²) < 4.78 is 10.9. The first kappa shape index (κ1) is 25.1. The number of hydrogen-bond acceptors (Lipinski definition) is 6. The highest BCUT2D eigenvalue weighted by atomic mass is 16.5. The van der Waals surface area contributed by atoms with Crippen molar-refractivity contribution in [3.8, 4) is 0 Å². The Morgan fingerprint density at radius 2 is 1.55 bits per heavy atom. The van der Waals surface area contributed by atoms with Gasteiger partial charge >= 0.3 is 11.9 Å². The molecular formula is C25H36O6. The van der Waals surface area contributed by atoms with Crippen molar-refractivity contribution in [1.82, 2.24) is 0 Å². The first-order valence-electron chi connectivity index (χ1n) is 11.1. The number of carbonyl (C=O) groups excluding carboxylic acids is 3. The summed E-state index contributed by atoms with van der Waals surface area (Å²) in [4.78, 5) is 39.1. The van der Waals surface area contributed by atoms with Crippen LogP contribution in [0.1, 0.15) is 65.0 Å². The standard InChI is InChI=1S/C25H36O6/c1-7-17-8-10-18(11-9-17)20-21(23(27)30-13-15(2)3)19(26)12-25(6,29)22(20)24(28)31-14-16(4)5/h8-11,15-16,20-22,29H,7,12-14H2,1-6H3/t20-,21-,22+,25-/m1/s1.